The van der Waals surface area contributed by atoms with Gasteiger partial charge in [-0.1, -0.05) is 30.4 Å². The summed E-state index contributed by atoms with van der Waals surface area (Å²) in [6.45, 7) is 5.66. The van der Waals surface area contributed by atoms with Crippen LogP contribution in [0.4, 0.5) is 17.6 Å². The molecule has 1 nitrogen and oxygen atoms in total. The molecule has 0 saturated carbocycles. The molecule has 0 aromatic heterocycles. The third-order valence-electron chi connectivity index (χ3n) is 5.85. The quantitative estimate of drug-likeness (QED) is 0.382. The zero-order chi connectivity index (χ0) is 20.7. The number of halogens is 4. The van der Waals surface area contributed by atoms with Gasteiger partial charge >= 0.3 is 0 Å². The van der Waals surface area contributed by atoms with Crippen LogP contribution in [0.15, 0.2) is 43.0 Å². The number of alkyl halides is 2. The van der Waals surface area contributed by atoms with E-state index < -0.39 is 29.5 Å². The van der Waals surface area contributed by atoms with E-state index in [1.54, 1.807) is 19.1 Å². The summed E-state index contributed by atoms with van der Waals surface area (Å²) >= 11 is 0. The van der Waals surface area contributed by atoms with Gasteiger partial charge in [0.05, 0.1) is 6.61 Å². The summed E-state index contributed by atoms with van der Waals surface area (Å²) in [5, 5.41) is 0. The topological polar surface area (TPSA) is 9.23 Å². The number of ether oxygens (including phenoxy) is 1. The lowest BCUT2D eigenvalue weighted by Gasteiger charge is -2.29. The van der Waals surface area contributed by atoms with E-state index in [0.29, 0.717) is 12.3 Å². The Bertz CT molecular complexity index is 995. The van der Waals surface area contributed by atoms with Crippen molar-refractivity contribution < 1.29 is 22.3 Å². The van der Waals surface area contributed by atoms with Crippen LogP contribution in [0.3, 0.4) is 0 Å². The molecule has 152 valence electrons. The second-order valence-corrected chi connectivity index (χ2v) is 7.46. The van der Waals surface area contributed by atoms with Crippen molar-refractivity contribution in [1.82, 2.24) is 0 Å². The molecule has 2 aromatic carbocycles. The number of hydrogen-bond acceptors (Lipinski definition) is 1. The highest BCUT2D eigenvalue weighted by molar-refractivity contribution is 5.79. The zero-order valence-corrected chi connectivity index (χ0v) is 16.2. The van der Waals surface area contributed by atoms with Crippen LogP contribution < -0.4 is 4.74 Å². The monoisotopic (exact) mass is 402 g/mol. The van der Waals surface area contributed by atoms with Crippen LogP contribution in [0.5, 0.6) is 5.75 Å². The van der Waals surface area contributed by atoms with Crippen molar-refractivity contribution in [2.75, 3.05) is 6.61 Å². The van der Waals surface area contributed by atoms with Gasteiger partial charge in [0.25, 0.3) is 0 Å². The first-order chi connectivity index (χ1) is 14.0. The Kier molecular flexibility index (Phi) is 5.24. The van der Waals surface area contributed by atoms with Crippen molar-refractivity contribution in [2.24, 2.45) is 5.92 Å². The van der Waals surface area contributed by atoms with Gasteiger partial charge < -0.3 is 4.74 Å². The van der Waals surface area contributed by atoms with E-state index in [-0.39, 0.29) is 34.6 Å². The van der Waals surface area contributed by atoms with Gasteiger partial charge in [0.15, 0.2) is 23.9 Å². The van der Waals surface area contributed by atoms with Crippen LogP contribution in [-0.2, 0) is 0 Å². The first-order valence-electron chi connectivity index (χ1n) is 9.85. The van der Waals surface area contributed by atoms with Crippen molar-refractivity contribution in [3.05, 3.63) is 71.3 Å². The summed E-state index contributed by atoms with van der Waals surface area (Å²) < 4.78 is 65.2. The Hall–Kier alpha value is -2.56. The molecular formula is C24H22F4O. The lowest BCUT2D eigenvalue weighted by Crippen LogP contribution is -2.17. The minimum atomic E-state index is -2.30. The number of allylic oxidation sites excluding steroid dienone is 3. The number of fused-ring (bicyclic) bond motifs is 3. The molecule has 0 saturated heterocycles. The largest absolute Gasteiger partial charge is 0.491 e. The van der Waals surface area contributed by atoms with Gasteiger partial charge in [-0.25, -0.2) is 17.6 Å². The summed E-state index contributed by atoms with van der Waals surface area (Å²) in [5.74, 6) is -1.48. The maximum atomic E-state index is 15.4. The van der Waals surface area contributed by atoms with Crippen molar-refractivity contribution in [3.63, 3.8) is 0 Å². The van der Waals surface area contributed by atoms with Gasteiger partial charge in [-0.2, -0.15) is 0 Å². The standard InChI is InChI=1S/C24H22F4O/c1-3-13-5-7-14(8-6-13)15-9-10-16-17-11-12-18(29-4-2)22(26)20(17)24(28)23(27)19(16)21(15)25/h3,7,9-13,23-24H,1,4-6,8H2,2H3. The Morgan fingerprint density at radius 3 is 2.21 bits per heavy atom. The molecule has 2 aliphatic carbocycles. The maximum absolute atomic E-state index is 15.4. The molecule has 0 aliphatic heterocycles. The van der Waals surface area contributed by atoms with Crippen LogP contribution in [0.2, 0.25) is 0 Å². The molecule has 5 heteroatoms. The van der Waals surface area contributed by atoms with E-state index in [1.165, 1.54) is 12.1 Å². The zero-order valence-electron chi connectivity index (χ0n) is 16.2. The molecule has 29 heavy (non-hydrogen) atoms. The molecular weight excluding hydrogens is 380 g/mol. The van der Waals surface area contributed by atoms with E-state index in [4.69, 9.17) is 4.74 Å². The van der Waals surface area contributed by atoms with E-state index in [9.17, 15) is 8.78 Å². The predicted molar refractivity (Wildman–Crippen MR) is 106 cm³/mol. The molecule has 4 rings (SSSR count). The summed E-state index contributed by atoms with van der Waals surface area (Å²) in [6, 6.07) is 5.98. The van der Waals surface area contributed by atoms with Crippen molar-refractivity contribution in [2.45, 2.75) is 38.5 Å². The molecule has 0 fully saturated rings. The minimum Gasteiger partial charge on any atom is -0.491 e. The van der Waals surface area contributed by atoms with Crippen molar-refractivity contribution in [3.8, 4) is 16.9 Å². The second kappa shape index (κ2) is 7.69. The number of benzene rings is 2. The van der Waals surface area contributed by atoms with Crippen LogP contribution in [0.1, 0.15) is 55.2 Å². The predicted octanol–water partition coefficient (Wildman–Crippen LogP) is 7.43. The van der Waals surface area contributed by atoms with E-state index >= 15 is 8.78 Å². The molecule has 0 N–H and O–H groups in total. The molecule has 0 heterocycles. The highest BCUT2D eigenvalue weighted by atomic mass is 19.2. The lowest BCUT2D eigenvalue weighted by molar-refractivity contribution is 0.159. The van der Waals surface area contributed by atoms with Gasteiger partial charge in [0.1, 0.15) is 5.82 Å². The highest BCUT2D eigenvalue weighted by Gasteiger charge is 2.40. The van der Waals surface area contributed by atoms with Gasteiger partial charge in [-0.15, -0.1) is 6.58 Å². The van der Waals surface area contributed by atoms with Gasteiger partial charge in [-0.3, -0.25) is 0 Å². The summed E-state index contributed by atoms with van der Waals surface area (Å²) in [6.07, 6.45) is 1.46. The molecule has 0 bridgehead atoms. The SMILES string of the molecule is C=CC1CC=C(c2ccc3c(c2F)C(F)C(F)c2c-3ccc(OCC)c2F)CC1. The Morgan fingerprint density at radius 2 is 1.62 bits per heavy atom. The summed E-state index contributed by atoms with van der Waals surface area (Å²) in [4.78, 5) is 0. The molecule has 0 amide bonds. The number of hydrogen-bond donors (Lipinski definition) is 0. The van der Waals surface area contributed by atoms with E-state index in [2.05, 4.69) is 6.58 Å². The minimum absolute atomic E-state index is 0.134. The molecule has 3 atom stereocenters. The van der Waals surface area contributed by atoms with Crippen LogP contribution in [-0.4, -0.2) is 6.61 Å². The fraction of sp³-hybridized carbons (Fsp3) is 0.333. The number of rotatable bonds is 4. The fourth-order valence-electron chi connectivity index (χ4n) is 4.30. The van der Waals surface area contributed by atoms with E-state index in [1.807, 2.05) is 12.2 Å². The summed E-state index contributed by atoms with van der Waals surface area (Å²) in [5.41, 5.74) is 0.680. The smallest absolute Gasteiger partial charge is 0.171 e. The first kappa shape index (κ1) is 19.7. The van der Waals surface area contributed by atoms with Gasteiger partial charge in [0, 0.05) is 16.7 Å². The molecule has 2 aromatic rings. The molecule has 3 unspecified atom stereocenters. The fourth-order valence-corrected chi connectivity index (χ4v) is 4.30. The second-order valence-electron chi connectivity index (χ2n) is 7.46. The first-order valence-corrected chi connectivity index (χ1v) is 9.85. The lowest BCUT2D eigenvalue weighted by atomic mass is 9.79. The normalized spacial score (nSPS) is 23.1. The van der Waals surface area contributed by atoms with Gasteiger partial charge in [-0.05, 0) is 54.9 Å². The third kappa shape index (κ3) is 3.17. The maximum Gasteiger partial charge on any atom is 0.171 e. The Labute approximate surface area is 167 Å². The average Bonchev–Trinajstić information content (AvgIpc) is 2.73. The average molecular weight is 402 g/mol. The van der Waals surface area contributed by atoms with Crippen LogP contribution in [0, 0.1) is 17.6 Å². The van der Waals surface area contributed by atoms with Crippen molar-refractivity contribution in [1.29, 1.82) is 0 Å². The molecule has 0 radical (unpaired) electrons. The van der Waals surface area contributed by atoms with E-state index in [0.717, 1.165) is 18.4 Å². The molecule has 2 aliphatic rings. The third-order valence-corrected chi connectivity index (χ3v) is 5.85. The summed E-state index contributed by atoms with van der Waals surface area (Å²) in [7, 11) is 0. The van der Waals surface area contributed by atoms with Crippen LogP contribution in [0.25, 0.3) is 16.7 Å². The Balaban J connectivity index is 1.84. The van der Waals surface area contributed by atoms with Crippen LogP contribution >= 0.6 is 0 Å². The van der Waals surface area contributed by atoms with Crippen molar-refractivity contribution >= 4 is 5.57 Å². The highest BCUT2D eigenvalue weighted by Crippen LogP contribution is 2.52. The Morgan fingerprint density at radius 1 is 1.00 bits per heavy atom. The molecule has 0 spiro atoms. The van der Waals surface area contributed by atoms with Gasteiger partial charge in [0.2, 0.25) is 0 Å².